The summed E-state index contributed by atoms with van der Waals surface area (Å²) < 4.78 is 7.23. The van der Waals surface area contributed by atoms with Gasteiger partial charge in [-0.3, -0.25) is 19.1 Å². The van der Waals surface area contributed by atoms with Crippen LogP contribution in [0.1, 0.15) is 18.3 Å². The number of nitrogens with zero attached hydrogens (tertiary/aromatic N) is 6. The zero-order chi connectivity index (χ0) is 19.6. The molecule has 142 valence electrons. The lowest BCUT2D eigenvalue weighted by Gasteiger charge is -2.04. The van der Waals surface area contributed by atoms with E-state index in [2.05, 4.69) is 25.7 Å². The Balaban J connectivity index is 1.70. The fraction of sp³-hybridized carbons (Fsp3) is 0.400. The van der Waals surface area contributed by atoms with Crippen LogP contribution in [0.25, 0.3) is 11.0 Å². The highest BCUT2D eigenvalue weighted by Gasteiger charge is 2.16. The van der Waals surface area contributed by atoms with E-state index < -0.39 is 11.5 Å². The molecule has 0 aliphatic carbocycles. The molecule has 0 atom stereocenters. The van der Waals surface area contributed by atoms with Crippen LogP contribution < -0.4 is 10.9 Å². The minimum Gasteiger partial charge on any atom is -0.466 e. The molecule has 0 aliphatic rings. The number of hydrogen-bond donors (Lipinski definition) is 1. The van der Waals surface area contributed by atoms with E-state index in [1.807, 2.05) is 0 Å². The van der Waals surface area contributed by atoms with Crippen molar-refractivity contribution in [3.63, 3.8) is 0 Å². The van der Waals surface area contributed by atoms with Crippen LogP contribution in [0.2, 0.25) is 0 Å². The fourth-order valence-corrected chi connectivity index (χ4v) is 3.20. The van der Waals surface area contributed by atoms with Gasteiger partial charge in [0.15, 0.2) is 10.6 Å². The van der Waals surface area contributed by atoms with E-state index in [4.69, 9.17) is 4.74 Å². The van der Waals surface area contributed by atoms with Crippen LogP contribution in [0, 0.1) is 6.92 Å². The summed E-state index contributed by atoms with van der Waals surface area (Å²) in [5.74, 6) is -0.871. The standard InChI is InChI=1S/C15H17N7O4S/c1-4-26-11(24)5-9-7-27-15(16-9)17-10(23)6-22-14(25)13-12(18-20-22)8(2)19-21(13)3/h7H,4-6H2,1-3H3,(H,16,17,23). The number of carbonyl (C=O) groups is 2. The van der Waals surface area contributed by atoms with Gasteiger partial charge in [-0.25, -0.2) is 4.98 Å². The van der Waals surface area contributed by atoms with Gasteiger partial charge in [-0.1, -0.05) is 5.21 Å². The highest BCUT2D eigenvalue weighted by atomic mass is 32.1. The van der Waals surface area contributed by atoms with E-state index in [1.165, 1.54) is 16.0 Å². The SMILES string of the molecule is CCOC(=O)Cc1csc(NC(=O)Cn2nnc3c(C)nn(C)c3c2=O)n1. The summed E-state index contributed by atoms with van der Waals surface area (Å²) in [4.78, 5) is 40.3. The summed E-state index contributed by atoms with van der Waals surface area (Å²) in [5.41, 5.74) is 1.31. The lowest BCUT2D eigenvalue weighted by molar-refractivity contribution is -0.142. The van der Waals surface area contributed by atoms with Crippen LogP contribution in [-0.4, -0.2) is 48.2 Å². The Kier molecular flexibility index (Phi) is 5.26. The predicted molar refractivity (Wildman–Crippen MR) is 96.4 cm³/mol. The van der Waals surface area contributed by atoms with Crippen LogP contribution in [0.5, 0.6) is 0 Å². The van der Waals surface area contributed by atoms with Crippen LogP contribution in [-0.2, 0) is 34.3 Å². The van der Waals surface area contributed by atoms with Crippen molar-refractivity contribution in [2.24, 2.45) is 7.05 Å². The lowest BCUT2D eigenvalue weighted by Crippen LogP contribution is -2.31. The van der Waals surface area contributed by atoms with Gasteiger partial charge >= 0.3 is 5.97 Å². The molecule has 12 heteroatoms. The van der Waals surface area contributed by atoms with Crippen molar-refractivity contribution in [2.45, 2.75) is 26.8 Å². The normalized spacial score (nSPS) is 10.9. The third kappa shape index (κ3) is 4.00. The molecular formula is C15H17N7O4S. The molecule has 1 N–H and O–H groups in total. The van der Waals surface area contributed by atoms with E-state index in [9.17, 15) is 14.4 Å². The van der Waals surface area contributed by atoms with Gasteiger partial charge in [-0.15, -0.1) is 16.4 Å². The third-order valence-corrected chi connectivity index (χ3v) is 4.41. The molecule has 0 saturated heterocycles. The van der Waals surface area contributed by atoms with Crippen molar-refractivity contribution in [1.82, 2.24) is 29.8 Å². The molecule has 0 fully saturated rings. The Labute approximate surface area is 157 Å². The Hall–Kier alpha value is -3.15. The minimum absolute atomic E-state index is 0.0294. The molecular weight excluding hydrogens is 374 g/mol. The number of amides is 1. The van der Waals surface area contributed by atoms with E-state index in [0.29, 0.717) is 28.6 Å². The smallest absolute Gasteiger partial charge is 0.311 e. The molecule has 1 amide bonds. The van der Waals surface area contributed by atoms with E-state index in [-0.39, 0.29) is 24.5 Å². The summed E-state index contributed by atoms with van der Waals surface area (Å²) in [6, 6.07) is 0. The summed E-state index contributed by atoms with van der Waals surface area (Å²) >= 11 is 1.17. The number of esters is 1. The number of nitrogens with one attached hydrogen (secondary N) is 1. The highest BCUT2D eigenvalue weighted by Crippen LogP contribution is 2.16. The van der Waals surface area contributed by atoms with Crippen molar-refractivity contribution >= 4 is 39.4 Å². The first-order chi connectivity index (χ1) is 12.9. The van der Waals surface area contributed by atoms with Crippen molar-refractivity contribution in [1.29, 1.82) is 0 Å². The largest absolute Gasteiger partial charge is 0.466 e. The zero-order valence-corrected chi connectivity index (χ0v) is 15.7. The van der Waals surface area contributed by atoms with Crippen molar-refractivity contribution in [2.75, 3.05) is 11.9 Å². The van der Waals surface area contributed by atoms with E-state index >= 15 is 0 Å². The number of hydrogen-bond acceptors (Lipinski definition) is 9. The number of thiazole rings is 1. The predicted octanol–water partition coefficient (Wildman–Crippen LogP) is 0.0342. The maximum Gasteiger partial charge on any atom is 0.311 e. The van der Waals surface area contributed by atoms with Gasteiger partial charge in [0.25, 0.3) is 5.56 Å². The Morgan fingerprint density at radius 2 is 2.15 bits per heavy atom. The van der Waals surface area contributed by atoms with Gasteiger partial charge in [0.1, 0.15) is 12.1 Å². The number of aromatic nitrogens is 6. The quantitative estimate of drug-likeness (QED) is 0.582. The van der Waals surface area contributed by atoms with E-state index in [1.54, 1.807) is 26.3 Å². The summed E-state index contributed by atoms with van der Waals surface area (Å²) in [6.45, 7) is 3.42. The second kappa shape index (κ2) is 7.61. The van der Waals surface area contributed by atoms with Gasteiger partial charge in [-0.2, -0.15) is 9.78 Å². The Morgan fingerprint density at radius 1 is 1.37 bits per heavy atom. The molecule has 0 unspecified atom stereocenters. The molecule has 0 radical (unpaired) electrons. The number of anilines is 1. The third-order valence-electron chi connectivity index (χ3n) is 3.60. The number of rotatable bonds is 6. The molecule has 0 aromatic carbocycles. The van der Waals surface area contributed by atoms with E-state index in [0.717, 1.165) is 4.68 Å². The van der Waals surface area contributed by atoms with Crippen LogP contribution in [0.4, 0.5) is 5.13 Å². The lowest BCUT2D eigenvalue weighted by atomic mass is 10.3. The number of ether oxygens (including phenoxy) is 1. The molecule has 0 aliphatic heterocycles. The molecule has 3 aromatic rings. The highest BCUT2D eigenvalue weighted by molar-refractivity contribution is 7.13. The summed E-state index contributed by atoms with van der Waals surface area (Å²) in [5, 5.41) is 16.4. The monoisotopic (exact) mass is 391 g/mol. The second-order valence-electron chi connectivity index (χ2n) is 5.63. The number of carbonyl (C=O) groups excluding carboxylic acids is 2. The molecule has 3 aromatic heterocycles. The fourth-order valence-electron chi connectivity index (χ4n) is 2.47. The zero-order valence-electron chi connectivity index (χ0n) is 14.9. The molecule has 3 rings (SSSR count). The Morgan fingerprint density at radius 3 is 2.89 bits per heavy atom. The van der Waals surface area contributed by atoms with Crippen molar-refractivity contribution in [3.8, 4) is 0 Å². The van der Waals surface area contributed by atoms with Gasteiger partial charge in [-0.05, 0) is 13.8 Å². The first kappa shape index (κ1) is 18.6. The van der Waals surface area contributed by atoms with Gasteiger partial charge in [0.05, 0.1) is 24.4 Å². The van der Waals surface area contributed by atoms with Crippen LogP contribution >= 0.6 is 11.3 Å². The maximum absolute atomic E-state index is 12.5. The Bertz CT molecular complexity index is 1070. The topological polar surface area (TPSA) is 134 Å². The van der Waals surface area contributed by atoms with Crippen molar-refractivity contribution in [3.05, 3.63) is 27.1 Å². The summed E-state index contributed by atoms with van der Waals surface area (Å²) in [7, 11) is 1.63. The first-order valence-electron chi connectivity index (χ1n) is 8.06. The minimum atomic E-state index is -0.485. The second-order valence-corrected chi connectivity index (χ2v) is 6.49. The molecule has 27 heavy (non-hydrogen) atoms. The van der Waals surface area contributed by atoms with Gasteiger partial charge < -0.3 is 10.1 Å². The molecule has 11 nitrogen and oxygen atoms in total. The number of fused-ring (bicyclic) bond motifs is 1. The molecule has 0 bridgehead atoms. The molecule has 0 spiro atoms. The average molecular weight is 391 g/mol. The number of aryl methyl sites for hydroxylation is 2. The maximum atomic E-state index is 12.5. The van der Waals surface area contributed by atoms with Gasteiger partial charge in [0.2, 0.25) is 5.91 Å². The molecule has 0 saturated carbocycles. The van der Waals surface area contributed by atoms with Gasteiger partial charge in [0, 0.05) is 12.4 Å². The van der Waals surface area contributed by atoms with Crippen LogP contribution in [0.15, 0.2) is 10.2 Å². The molecule has 3 heterocycles. The summed E-state index contributed by atoms with van der Waals surface area (Å²) in [6.07, 6.45) is 0.0294. The van der Waals surface area contributed by atoms with Crippen molar-refractivity contribution < 1.29 is 14.3 Å². The first-order valence-corrected chi connectivity index (χ1v) is 8.94. The van der Waals surface area contributed by atoms with Crippen LogP contribution in [0.3, 0.4) is 0 Å². The average Bonchev–Trinajstić information content (AvgIpc) is 3.14.